The van der Waals surface area contributed by atoms with E-state index in [0.717, 1.165) is 6.07 Å². The van der Waals surface area contributed by atoms with Crippen LogP contribution in [0.5, 0.6) is 17.4 Å². The quantitative estimate of drug-likeness (QED) is 0.839. The first-order valence-electron chi connectivity index (χ1n) is 6.90. The molecule has 0 aliphatic carbocycles. The summed E-state index contributed by atoms with van der Waals surface area (Å²) in [4.78, 5) is 3.60. The molecule has 0 aliphatic heterocycles. The van der Waals surface area contributed by atoms with Crippen LogP contribution in [0.2, 0.25) is 5.02 Å². The molecule has 1 heterocycles. The maximum Gasteiger partial charge on any atom is 0.417 e. The van der Waals surface area contributed by atoms with Crippen LogP contribution in [-0.4, -0.2) is 22.3 Å². The average Bonchev–Trinajstić information content (AvgIpc) is 2.46. The molecule has 0 fully saturated rings. The van der Waals surface area contributed by atoms with Crippen LogP contribution in [-0.2, 0) is 6.18 Å². The van der Waals surface area contributed by atoms with Crippen LogP contribution in [0, 0.1) is 0 Å². The molecule has 1 N–H and O–H groups in total. The second kappa shape index (κ2) is 6.86. The molecular formula is C16H15ClF3NO3. The average molecular weight is 362 g/mol. The van der Waals surface area contributed by atoms with Gasteiger partial charge in [-0.25, -0.2) is 4.98 Å². The number of aliphatic hydroxyl groups is 1. The van der Waals surface area contributed by atoms with Crippen molar-refractivity contribution in [2.24, 2.45) is 0 Å². The van der Waals surface area contributed by atoms with E-state index in [4.69, 9.17) is 21.1 Å². The standard InChI is InChI=1S/C16H15ClF3NO3/c1-15(2,22)9-23-11-4-3-5-12(7-11)24-14-13(17)6-10(8-21-14)16(18,19)20/h3-8,22H,9H2,1-2H3. The molecule has 0 saturated carbocycles. The van der Waals surface area contributed by atoms with Crippen LogP contribution < -0.4 is 9.47 Å². The van der Waals surface area contributed by atoms with Crippen molar-refractivity contribution in [3.63, 3.8) is 0 Å². The Bertz CT molecular complexity index is 714. The van der Waals surface area contributed by atoms with Gasteiger partial charge in [0, 0.05) is 12.3 Å². The Kier molecular flexibility index (Phi) is 5.25. The molecule has 2 aromatic rings. The molecule has 0 unspecified atom stereocenters. The van der Waals surface area contributed by atoms with Crippen LogP contribution in [0.3, 0.4) is 0 Å². The van der Waals surface area contributed by atoms with Crippen molar-refractivity contribution in [3.05, 3.63) is 47.1 Å². The highest BCUT2D eigenvalue weighted by molar-refractivity contribution is 6.31. The maximum absolute atomic E-state index is 12.6. The molecule has 8 heteroatoms. The molecule has 4 nitrogen and oxygen atoms in total. The Hall–Kier alpha value is -1.99. The summed E-state index contributed by atoms with van der Waals surface area (Å²) in [5.41, 5.74) is -1.96. The zero-order valence-electron chi connectivity index (χ0n) is 12.9. The van der Waals surface area contributed by atoms with E-state index in [0.29, 0.717) is 11.9 Å². The molecule has 0 amide bonds. The number of benzene rings is 1. The monoisotopic (exact) mass is 361 g/mol. The lowest BCUT2D eigenvalue weighted by molar-refractivity contribution is -0.137. The highest BCUT2D eigenvalue weighted by Gasteiger charge is 2.31. The molecule has 1 aromatic heterocycles. The SMILES string of the molecule is CC(C)(O)COc1cccc(Oc2ncc(C(F)(F)F)cc2Cl)c1. The molecule has 0 radical (unpaired) electrons. The summed E-state index contributed by atoms with van der Waals surface area (Å²) < 4.78 is 48.6. The number of ether oxygens (including phenoxy) is 2. The maximum atomic E-state index is 12.6. The summed E-state index contributed by atoms with van der Waals surface area (Å²) in [6, 6.07) is 7.12. The topological polar surface area (TPSA) is 51.6 Å². The Morgan fingerprint density at radius 1 is 1.17 bits per heavy atom. The van der Waals surface area contributed by atoms with Gasteiger partial charge in [0.1, 0.15) is 23.1 Å². The number of rotatable bonds is 5. The fourth-order valence-electron chi connectivity index (χ4n) is 1.65. The van der Waals surface area contributed by atoms with Crippen LogP contribution in [0.25, 0.3) is 0 Å². The van der Waals surface area contributed by atoms with Gasteiger partial charge in [0.25, 0.3) is 0 Å². The fourth-order valence-corrected chi connectivity index (χ4v) is 1.86. The molecule has 0 aliphatic rings. The number of hydrogen-bond acceptors (Lipinski definition) is 4. The first-order valence-corrected chi connectivity index (χ1v) is 7.28. The van der Waals surface area contributed by atoms with Crippen molar-refractivity contribution in [1.29, 1.82) is 0 Å². The van der Waals surface area contributed by atoms with Gasteiger partial charge in [-0.2, -0.15) is 13.2 Å². The van der Waals surface area contributed by atoms with Gasteiger partial charge in [0.2, 0.25) is 5.88 Å². The lowest BCUT2D eigenvalue weighted by atomic mass is 10.2. The number of halogens is 4. The Morgan fingerprint density at radius 3 is 2.42 bits per heavy atom. The molecule has 24 heavy (non-hydrogen) atoms. The second-order valence-electron chi connectivity index (χ2n) is 5.69. The van der Waals surface area contributed by atoms with Gasteiger partial charge >= 0.3 is 6.18 Å². The number of hydrogen-bond donors (Lipinski definition) is 1. The minimum Gasteiger partial charge on any atom is -0.490 e. The van der Waals surface area contributed by atoms with Gasteiger partial charge in [-0.3, -0.25) is 0 Å². The van der Waals surface area contributed by atoms with Gasteiger partial charge in [0.05, 0.1) is 11.2 Å². The molecule has 0 spiro atoms. The predicted octanol–water partition coefficient (Wildman–Crippen LogP) is 4.70. The zero-order chi connectivity index (χ0) is 18.0. The van der Waals surface area contributed by atoms with Crippen molar-refractivity contribution in [2.45, 2.75) is 25.6 Å². The Balaban J connectivity index is 2.14. The third-order valence-corrected chi connectivity index (χ3v) is 3.02. The fraction of sp³-hybridized carbons (Fsp3) is 0.312. The van der Waals surface area contributed by atoms with Gasteiger partial charge in [-0.1, -0.05) is 17.7 Å². The van der Waals surface area contributed by atoms with Crippen molar-refractivity contribution in [2.75, 3.05) is 6.61 Å². The number of pyridine rings is 1. The minimum atomic E-state index is -4.53. The lowest BCUT2D eigenvalue weighted by Gasteiger charge is -2.18. The van der Waals surface area contributed by atoms with E-state index < -0.39 is 17.3 Å². The molecule has 0 atom stereocenters. The smallest absolute Gasteiger partial charge is 0.417 e. The van der Waals surface area contributed by atoms with E-state index in [1.165, 1.54) is 6.07 Å². The summed E-state index contributed by atoms with van der Waals surface area (Å²) >= 11 is 5.79. The first kappa shape index (κ1) is 18.4. The largest absolute Gasteiger partial charge is 0.490 e. The van der Waals surface area contributed by atoms with Gasteiger partial charge < -0.3 is 14.6 Å². The summed E-state index contributed by atoms with van der Waals surface area (Å²) in [5, 5.41) is 9.38. The minimum absolute atomic E-state index is 0.0652. The first-order chi connectivity index (χ1) is 11.0. The van der Waals surface area contributed by atoms with Gasteiger partial charge in [-0.05, 0) is 32.0 Å². The van der Waals surface area contributed by atoms with E-state index in [1.807, 2.05) is 0 Å². The normalized spacial score (nSPS) is 12.1. The van der Waals surface area contributed by atoms with E-state index in [9.17, 15) is 18.3 Å². The van der Waals surface area contributed by atoms with Crippen molar-refractivity contribution in [1.82, 2.24) is 4.98 Å². The van der Waals surface area contributed by atoms with E-state index in [2.05, 4.69) is 4.98 Å². The molecule has 0 saturated heterocycles. The molecule has 130 valence electrons. The highest BCUT2D eigenvalue weighted by atomic mass is 35.5. The van der Waals surface area contributed by atoms with Crippen LogP contribution in [0.4, 0.5) is 13.2 Å². The number of nitrogens with zero attached hydrogens (tertiary/aromatic N) is 1. The van der Waals surface area contributed by atoms with Crippen LogP contribution >= 0.6 is 11.6 Å². The van der Waals surface area contributed by atoms with Crippen molar-refractivity contribution < 1.29 is 27.8 Å². The Labute approximate surface area is 141 Å². The third-order valence-electron chi connectivity index (χ3n) is 2.75. The summed E-state index contributed by atoms with van der Waals surface area (Å²) in [6.07, 6.45) is -3.88. The highest BCUT2D eigenvalue weighted by Crippen LogP contribution is 2.35. The van der Waals surface area contributed by atoms with E-state index in [1.54, 1.807) is 32.0 Å². The number of aromatic nitrogens is 1. The van der Waals surface area contributed by atoms with Gasteiger partial charge in [0.15, 0.2) is 0 Å². The second-order valence-corrected chi connectivity index (χ2v) is 6.09. The number of alkyl halides is 3. The molecule has 0 bridgehead atoms. The van der Waals surface area contributed by atoms with E-state index >= 15 is 0 Å². The predicted molar refractivity (Wildman–Crippen MR) is 82.6 cm³/mol. The Morgan fingerprint density at radius 2 is 1.83 bits per heavy atom. The van der Waals surface area contributed by atoms with Crippen molar-refractivity contribution in [3.8, 4) is 17.4 Å². The lowest BCUT2D eigenvalue weighted by Crippen LogP contribution is -2.27. The molecular weight excluding hydrogens is 347 g/mol. The van der Waals surface area contributed by atoms with Crippen LogP contribution in [0.1, 0.15) is 19.4 Å². The summed E-state index contributed by atoms with van der Waals surface area (Å²) in [6.45, 7) is 3.26. The van der Waals surface area contributed by atoms with Gasteiger partial charge in [-0.15, -0.1) is 0 Å². The summed E-state index contributed by atoms with van der Waals surface area (Å²) in [7, 11) is 0. The van der Waals surface area contributed by atoms with E-state index in [-0.39, 0.29) is 23.3 Å². The molecule has 2 rings (SSSR count). The third kappa shape index (κ3) is 5.28. The molecule has 1 aromatic carbocycles. The van der Waals surface area contributed by atoms with Crippen molar-refractivity contribution >= 4 is 11.6 Å². The van der Waals surface area contributed by atoms with Crippen LogP contribution in [0.15, 0.2) is 36.5 Å². The summed E-state index contributed by atoms with van der Waals surface area (Å²) in [5.74, 6) is 0.569. The zero-order valence-corrected chi connectivity index (χ0v) is 13.6.